The van der Waals surface area contributed by atoms with E-state index in [-0.39, 0.29) is 23.9 Å². The number of hydrogen-bond acceptors (Lipinski definition) is 8. The summed E-state index contributed by atoms with van der Waals surface area (Å²) in [5.41, 5.74) is 1.19. The highest BCUT2D eigenvalue weighted by Gasteiger charge is 2.61. The lowest BCUT2D eigenvalue weighted by Gasteiger charge is -2.61. The molecule has 8 heteroatoms. The summed E-state index contributed by atoms with van der Waals surface area (Å²) >= 11 is 0. The van der Waals surface area contributed by atoms with Crippen molar-refractivity contribution < 1.29 is 39.4 Å². The van der Waals surface area contributed by atoms with E-state index in [9.17, 15) is 25.2 Å². The van der Waals surface area contributed by atoms with Crippen molar-refractivity contribution in [3.05, 3.63) is 23.3 Å². The fourth-order valence-electron chi connectivity index (χ4n) is 7.48. The molecule has 3 rings (SSSR count). The number of allylic oxidation sites excluding steroid dienone is 3. The highest BCUT2D eigenvalue weighted by Crippen LogP contribution is 2.62. The van der Waals surface area contributed by atoms with E-state index in [0.717, 1.165) is 25.7 Å². The minimum Gasteiger partial charge on any atom is -0.456 e. The molecular formula is C31H52O8. The van der Waals surface area contributed by atoms with Crippen molar-refractivity contribution in [3.63, 3.8) is 0 Å². The molecule has 11 atom stereocenters. The van der Waals surface area contributed by atoms with Gasteiger partial charge in [0.2, 0.25) is 0 Å². The van der Waals surface area contributed by atoms with Crippen LogP contribution in [0.2, 0.25) is 0 Å². The van der Waals surface area contributed by atoms with Gasteiger partial charge < -0.3 is 34.6 Å². The van der Waals surface area contributed by atoms with Crippen LogP contribution in [0.4, 0.5) is 0 Å². The van der Waals surface area contributed by atoms with Gasteiger partial charge >= 0.3 is 5.97 Å². The molecule has 0 aromatic heterocycles. The van der Waals surface area contributed by atoms with Gasteiger partial charge in [0, 0.05) is 17.6 Å². The van der Waals surface area contributed by atoms with Gasteiger partial charge in [0.05, 0.1) is 12.2 Å². The monoisotopic (exact) mass is 552 g/mol. The first kappa shape index (κ1) is 32.2. The minimum absolute atomic E-state index is 0.185. The Morgan fingerprint density at radius 3 is 2.46 bits per heavy atom. The second-order valence-corrected chi connectivity index (χ2v) is 13.2. The smallest absolute Gasteiger partial charge is 0.333 e. The van der Waals surface area contributed by atoms with E-state index in [0.29, 0.717) is 17.9 Å². The molecule has 2 aliphatic carbocycles. The minimum atomic E-state index is -1.44. The van der Waals surface area contributed by atoms with Gasteiger partial charge in [-0.05, 0) is 76.5 Å². The molecule has 39 heavy (non-hydrogen) atoms. The molecule has 0 aromatic rings. The molecule has 224 valence electrons. The maximum absolute atomic E-state index is 13.0. The zero-order valence-corrected chi connectivity index (χ0v) is 25.1. The second kappa shape index (κ2) is 12.7. The molecular weight excluding hydrogens is 500 g/mol. The van der Waals surface area contributed by atoms with E-state index in [1.165, 1.54) is 5.57 Å². The number of aliphatic hydroxyl groups excluding tert-OH is 4. The summed E-state index contributed by atoms with van der Waals surface area (Å²) in [5, 5.41) is 40.8. The lowest BCUT2D eigenvalue weighted by molar-refractivity contribution is -0.325. The molecule has 1 saturated carbocycles. The molecule has 2 fully saturated rings. The number of hydrogen-bond donors (Lipinski definition) is 4. The van der Waals surface area contributed by atoms with Crippen LogP contribution in [-0.2, 0) is 19.0 Å². The van der Waals surface area contributed by atoms with Crippen LogP contribution in [0.5, 0.6) is 0 Å². The van der Waals surface area contributed by atoms with Gasteiger partial charge in [-0.2, -0.15) is 0 Å². The van der Waals surface area contributed by atoms with Crippen LogP contribution >= 0.6 is 0 Å². The van der Waals surface area contributed by atoms with E-state index >= 15 is 0 Å². The number of esters is 1. The third-order valence-electron chi connectivity index (χ3n) is 10.1. The van der Waals surface area contributed by atoms with E-state index in [4.69, 9.17) is 14.2 Å². The molecule has 0 spiro atoms. The van der Waals surface area contributed by atoms with Gasteiger partial charge in [-0.1, -0.05) is 51.8 Å². The fraction of sp³-hybridized carbons (Fsp3) is 0.839. The maximum Gasteiger partial charge on any atom is 0.333 e. The van der Waals surface area contributed by atoms with Gasteiger partial charge in [0.15, 0.2) is 6.29 Å². The SMILES string of the molecule is C/C=C(/C)C(=O)O[C@@H]1[C@@H](O[C@H]2O[C@@H](C)[C@@H](O)[C@@H](O)[C@@H]2O)C[C@@]2(C)[C@H](CC[C@H](C)CCO)C(C)=CC[C@@H]2C1(C)C. The van der Waals surface area contributed by atoms with Gasteiger partial charge in [-0.25, -0.2) is 4.79 Å². The lowest BCUT2D eigenvalue weighted by Crippen LogP contribution is -2.64. The Bertz CT molecular complexity index is 912. The number of carbonyl (C=O) groups is 1. The van der Waals surface area contributed by atoms with E-state index in [1.54, 1.807) is 26.8 Å². The number of ether oxygens (including phenoxy) is 3. The highest BCUT2D eigenvalue weighted by atomic mass is 16.7. The van der Waals surface area contributed by atoms with Crippen molar-refractivity contribution in [1.82, 2.24) is 0 Å². The molecule has 3 aliphatic rings. The normalized spacial score (nSPS) is 41.4. The van der Waals surface area contributed by atoms with Crippen LogP contribution in [0.25, 0.3) is 0 Å². The maximum atomic E-state index is 13.0. The van der Waals surface area contributed by atoms with Crippen LogP contribution in [0.15, 0.2) is 23.3 Å². The van der Waals surface area contributed by atoms with Gasteiger partial charge in [0.1, 0.15) is 24.4 Å². The molecule has 8 nitrogen and oxygen atoms in total. The first-order valence-electron chi connectivity index (χ1n) is 14.7. The van der Waals surface area contributed by atoms with Crippen LogP contribution in [0.1, 0.15) is 87.5 Å². The summed E-state index contributed by atoms with van der Waals surface area (Å²) in [7, 11) is 0. The number of rotatable bonds is 9. The van der Waals surface area contributed by atoms with E-state index in [1.807, 2.05) is 0 Å². The summed E-state index contributed by atoms with van der Waals surface area (Å²) in [6.45, 7) is 16.3. The van der Waals surface area contributed by atoms with Crippen molar-refractivity contribution in [2.45, 2.75) is 130 Å². The molecule has 0 bridgehead atoms. The van der Waals surface area contributed by atoms with E-state index < -0.39 is 54.3 Å². The Morgan fingerprint density at radius 1 is 1.18 bits per heavy atom. The van der Waals surface area contributed by atoms with Gasteiger partial charge in [-0.3, -0.25) is 0 Å². The van der Waals surface area contributed by atoms with Gasteiger partial charge in [-0.15, -0.1) is 0 Å². The molecule has 1 heterocycles. The molecule has 0 unspecified atom stereocenters. The topological polar surface area (TPSA) is 126 Å². The summed E-state index contributed by atoms with van der Waals surface area (Å²) < 4.78 is 18.5. The fourth-order valence-corrected chi connectivity index (χ4v) is 7.48. The Hall–Kier alpha value is -1.29. The van der Waals surface area contributed by atoms with Crippen LogP contribution < -0.4 is 0 Å². The Kier molecular flexibility index (Phi) is 10.5. The first-order chi connectivity index (χ1) is 18.2. The predicted molar refractivity (Wildman–Crippen MR) is 148 cm³/mol. The predicted octanol–water partition coefficient (Wildman–Crippen LogP) is 3.89. The van der Waals surface area contributed by atoms with Crippen LogP contribution in [0, 0.1) is 28.6 Å². The Balaban J connectivity index is 1.99. The first-order valence-corrected chi connectivity index (χ1v) is 14.7. The van der Waals surface area contributed by atoms with Crippen LogP contribution in [0.3, 0.4) is 0 Å². The van der Waals surface area contributed by atoms with Crippen molar-refractivity contribution >= 4 is 5.97 Å². The highest BCUT2D eigenvalue weighted by molar-refractivity contribution is 5.87. The van der Waals surface area contributed by atoms with Crippen molar-refractivity contribution in [2.75, 3.05) is 6.61 Å². The zero-order valence-electron chi connectivity index (χ0n) is 25.1. The Morgan fingerprint density at radius 2 is 1.85 bits per heavy atom. The van der Waals surface area contributed by atoms with Crippen molar-refractivity contribution in [3.8, 4) is 0 Å². The summed E-state index contributed by atoms with van der Waals surface area (Å²) in [6.07, 6.45) is 1.04. The number of carbonyl (C=O) groups excluding carboxylic acids is 1. The summed E-state index contributed by atoms with van der Waals surface area (Å²) in [4.78, 5) is 13.0. The number of fused-ring (bicyclic) bond motifs is 1. The molecule has 1 aliphatic heterocycles. The van der Waals surface area contributed by atoms with Crippen molar-refractivity contribution in [2.24, 2.45) is 28.6 Å². The average molecular weight is 553 g/mol. The van der Waals surface area contributed by atoms with Crippen molar-refractivity contribution in [1.29, 1.82) is 0 Å². The third kappa shape index (κ3) is 6.47. The molecule has 0 aromatic carbocycles. The molecule has 0 amide bonds. The van der Waals surface area contributed by atoms with Crippen LogP contribution in [-0.4, -0.2) is 75.9 Å². The second-order valence-electron chi connectivity index (χ2n) is 13.2. The Labute approximate surface area is 234 Å². The summed E-state index contributed by atoms with van der Waals surface area (Å²) in [5.74, 6) is 0.492. The molecule has 1 saturated heterocycles. The lowest BCUT2D eigenvalue weighted by atomic mass is 9.46. The standard InChI is InChI=1S/C31H52O8/c1-9-18(3)28(36)39-27-22(38-29-26(35)25(34)24(33)20(5)37-29)16-31(8)21(12-10-17(2)14-15-32)19(4)11-13-23(31)30(27,6)7/h9,11,17,20-27,29,32-35H,10,12-16H2,1-8H3/b18-9-/t17-,20-,21+,22-,23+,24+,25+,26-,27+,29+,31-/m0/s1. The number of aliphatic hydroxyl groups is 4. The third-order valence-corrected chi connectivity index (χ3v) is 10.1. The quantitative estimate of drug-likeness (QED) is 0.193. The van der Waals surface area contributed by atoms with E-state index in [2.05, 4.69) is 40.7 Å². The molecule has 4 N–H and O–H groups in total. The average Bonchev–Trinajstić information content (AvgIpc) is 2.87. The molecule has 0 radical (unpaired) electrons. The summed E-state index contributed by atoms with van der Waals surface area (Å²) in [6, 6.07) is 0. The van der Waals surface area contributed by atoms with Gasteiger partial charge in [0.25, 0.3) is 0 Å². The zero-order chi connectivity index (χ0) is 29.3. The largest absolute Gasteiger partial charge is 0.456 e.